The second-order valence-corrected chi connectivity index (χ2v) is 7.21. The van der Waals surface area contributed by atoms with E-state index in [1.54, 1.807) is 4.68 Å². The van der Waals surface area contributed by atoms with Gasteiger partial charge in [-0.25, -0.2) is 0 Å². The van der Waals surface area contributed by atoms with E-state index in [1.165, 1.54) is 5.56 Å². The van der Waals surface area contributed by atoms with E-state index in [4.69, 9.17) is 4.74 Å². The zero-order chi connectivity index (χ0) is 18.1. The smallest absolute Gasteiger partial charge is 0.225 e. The molecule has 7 heteroatoms. The number of halogens is 1. The number of benzene rings is 1. The Hall–Kier alpha value is -2.05. The molecule has 1 aromatic heterocycles. The van der Waals surface area contributed by atoms with Crippen LogP contribution in [0.15, 0.2) is 30.6 Å². The molecule has 0 saturated carbocycles. The quantitative estimate of drug-likeness (QED) is 0.840. The molecular weight excluding hydrogens is 364 g/mol. The third-order valence-corrected chi connectivity index (χ3v) is 5.56. The van der Waals surface area contributed by atoms with Crippen LogP contribution in [0.2, 0.25) is 0 Å². The number of ether oxygens (including phenoxy) is 1. The van der Waals surface area contributed by atoms with E-state index in [0.717, 1.165) is 36.3 Å². The molecule has 4 rings (SSSR count). The number of para-hydroxylation sites is 1. The number of hydrogen-bond acceptors (Lipinski definition) is 4. The van der Waals surface area contributed by atoms with E-state index in [-0.39, 0.29) is 36.2 Å². The van der Waals surface area contributed by atoms with Crippen LogP contribution in [0, 0.1) is 5.92 Å². The van der Waals surface area contributed by atoms with Crippen molar-refractivity contribution in [2.75, 3.05) is 19.7 Å². The Morgan fingerprint density at radius 1 is 1.41 bits per heavy atom. The van der Waals surface area contributed by atoms with Gasteiger partial charge in [-0.1, -0.05) is 25.1 Å². The molecule has 0 spiro atoms. The topological polar surface area (TPSA) is 68.2 Å². The Morgan fingerprint density at radius 3 is 3.00 bits per heavy atom. The summed E-state index contributed by atoms with van der Waals surface area (Å²) in [5.41, 5.74) is 3.43. The molecule has 27 heavy (non-hydrogen) atoms. The molecule has 1 unspecified atom stereocenters. The fourth-order valence-electron chi connectivity index (χ4n) is 4.13. The van der Waals surface area contributed by atoms with Crippen molar-refractivity contribution >= 4 is 18.3 Å². The van der Waals surface area contributed by atoms with E-state index < -0.39 is 0 Å². The third-order valence-electron chi connectivity index (χ3n) is 5.56. The predicted octanol–water partition coefficient (Wildman–Crippen LogP) is 2.35. The first kappa shape index (κ1) is 19.7. The van der Waals surface area contributed by atoms with Gasteiger partial charge in [0.25, 0.3) is 0 Å². The fraction of sp³-hybridized carbons (Fsp3) is 0.500. The molecule has 0 aliphatic carbocycles. The van der Waals surface area contributed by atoms with Gasteiger partial charge in [0.2, 0.25) is 5.91 Å². The largest absolute Gasteiger partial charge is 0.493 e. The molecule has 3 heterocycles. The Morgan fingerprint density at radius 2 is 2.26 bits per heavy atom. The minimum atomic E-state index is -0.0696. The summed E-state index contributed by atoms with van der Waals surface area (Å²) in [6, 6.07) is 6.25. The van der Waals surface area contributed by atoms with E-state index in [0.29, 0.717) is 13.2 Å². The number of rotatable bonds is 4. The number of carbonyl (C=O) groups excluding carboxylic acids is 1. The van der Waals surface area contributed by atoms with Crippen LogP contribution in [0.3, 0.4) is 0 Å². The van der Waals surface area contributed by atoms with Crippen molar-refractivity contribution in [3.8, 4) is 5.75 Å². The summed E-state index contributed by atoms with van der Waals surface area (Å²) in [5.74, 6) is 1.17. The van der Waals surface area contributed by atoms with Crippen molar-refractivity contribution < 1.29 is 9.53 Å². The Balaban J connectivity index is 0.00000210. The second-order valence-electron chi connectivity index (χ2n) is 7.21. The van der Waals surface area contributed by atoms with Crippen LogP contribution < -0.4 is 15.4 Å². The minimum Gasteiger partial charge on any atom is -0.493 e. The first-order valence-electron chi connectivity index (χ1n) is 9.41. The standard InChI is InChI=1S/C20H26N4O2.ClH/c1-3-13-5-4-6-15-18(7-8-26-19(13)15)23-20(25)17-11-21-10-16(17)14-9-22-24(2)12-14;/h4-6,9,12,16-18,21H,3,7-8,10-11H2,1-2H3,(H,23,25);1H/t16-,17+,18?;/m1./s1. The van der Waals surface area contributed by atoms with Gasteiger partial charge in [-0.2, -0.15) is 5.10 Å². The number of hydrogen-bond donors (Lipinski definition) is 2. The summed E-state index contributed by atoms with van der Waals surface area (Å²) in [6.07, 6.45) is 5.62. The third kappa shape index (κ3) is 3.82. The number of amides is 1. The highest BCUT2D eigenvalue weighted by Gasteiger charge is 2.36. The Labute approximate surface area is 166 Å². The monoisotopic (exact) mass is 390 g/mol. The molecule has 146 valence electrons. The molecule has 6 nitrogen and oxygen atoms in total. The van der Waals surface area contributed by atoms with Crippen molar-refractivity contribution in [3.63, 3.8) is 0 Å². The number of carbonyl (C=O) groups is 1. The van der Waals surface area contributed by atoms with Gasteiger partial charge in [0, 0.05) is 44.2 Å². The lowest BCUT2D eigenvalue weighted by atomic mass is 9.89. The predicted molar refractivity (Wildman–Crippen MR) is 106 cm³/mol. The van der Waals surface area contributed by atoms with Crippen LogP contribution in [-0.4, -0.2) is 35.4 Å². The number of aryl methyl sites for hydroxylation is 2. The first-order chi connectivity index (χ1) is 12.7. The zero-order valence-electron chi connectivity index (χ0n) is 15.8. The lowest BCUT2D eigenvalue weighted by Crippen LogP contribution is -2.38. The lowest BCUT2D eigenvalue weighted by Gasteiger charge is -2.29. The molecule has 1 fully saturated rings. The van der Waals surface area contributed by atoms with Gasteiger partial charge in [-0.05, 0) is 17.5 Å². The highest BCUT2D eigenvalue weighted by molar-refractivity contribution is 5.85. The van der Waals surface area contributed by atoms with Gasteiger partial charge in [-0.3, -0.25) is 9.48 Å². The Bertz CT molecular complexity index is 807. The minimum absolute atomic E-state index is 0. The summed E-state index contributed by atoms with van der Waals surface area (Å²) in [5, 5.41) is 10.9. The average Bonchev–Trinajstić information content (AvgIpc) is 3.30. The van der Waals surface area contributed by atoms with Gasteiger partial charge in [0.05, 0.1) is 24.8 Å². The van der Waals surface area contributed by atoms with Crippen LogP contribution >= 0.6 is 12.4 Å². The van der Waals surface area contributed by atoms with Gasteiger partial charge in [0.15, 0.2) is 0 Å². The van der Waals surface area contributed by atoms with Crippen molar-refractivity contribution in [3.05, 3.63) is 47.3 Å². The molecule has 0 radical (unpaired) electrons. The van der Waals surface area contributed by atoms with Crippen LogP contribution in [0.5, 0.6) is 5.75 Å². The molecule has 2 aliphatic heterocycles. The highest BCUT2D eigenvalue weighted by Crippen LogP contribution is 2.36. The summed E-state index contributed by atoms with van der Waals surface area (Å²) in [7, 11) is 1.91. The zero-order valence-corrected chi connectivity index (χ0v) is 16.6. The summed E-state index contributed by atoms with van der Waals surface area (Å²) in [4.78, 5) is 13.0. The van der Waals surface area contributed by atoms with Crippen LogP contribution in [-0.2, 0) is 18.3 Å². The number of nitrogens with one attached hydrogen (secondary N) is 2. The average molecular weight is 391 g/mol. The number of nitrogens with zero attached hydrogens (tertiary/aromatic N) is 2. The van der Waals surface area contributed by atoms with E-state index in [1.807, 2.05) is 19.4 Å². The SMILES string of the molecule is CCc1cccc2c1OCCC2NC(=O)[C@H]1CNC[C@@H]1c1cnn(C)c1.Cl. The number of aromatic nitrogens is 2. The summed E-state index contributed by atoms with van der Waals surface area (Å²) in [6.45, 7) is 4.29. The van der Waals surface area contributed by atoms with Crippen molar-refractivity contribution in [1.82, 2.24) is 20.4 Å². The molecule has 2 aliphatic rings. The van der Waals surface area contributed by atoms with Crippen molar-refractivity contribution in [2.45, 2.75) is 31.7 Å². The summed E-state index contributed by atoms with van der Waals surface area (Å²) < 4.78 is 7.70. The van der Waals surface area contributed by atoms with Crippen LogP contribution in [0.25, 0.3) is 0 Å². The number of fused-ring (bicyclic) bond motifs is 1. The first-order valence-corrected chi connectivity index (χ1v) is 9.41. The molecule has 2 N–H and O–H groups in total. The molecule has 1 aromatic carbocycles. The van der Waals surface area contributed by atoms with Gasteiger partial charge in [0.1, 0.15) is 5.75 Å². The highest BCUT2D eigenvalue weighted by atomic mass is 35.5. The van der Waals surface area contributed by atoms with E-state index >= 15 is 0 Å². The van der Waals surface area contributed by atoms with Crippen LogP contribution in [0.1, 0.15) is 42.0 Å². The maximum absolute atomic E-state index is 13.0. The fourth-order valence-corrected chi connectivity index (χ4v) is 4.13. The van der Waals surface area contributed by atoms with E-state index in [2.05, 4.69) is 40.9 Å². The second kappa shape index (κ2) is 8.31. The molecule has 3 atom stereocenters. The molecule has 1 saturated heterocycles. The maximum Gasteiger partial charge on any atom is 0.225 e. The van der Waals surface area contributed by atoms with Gasteiger partial charge < -0.3 is 15.4 Å². The van der Waals surface area contributed by atoms with Gasteiger partial charge >= 0.3 is 0 Å². The molecular formula is C20H27ClN4O2. The van der Waals surface area contributed by atoms with Crippen molar-refractivity contribution in [1.29, 1.82) is 0 Å². The van der Waals surface area contributed by atoms with Crippen molar-refractivity contribution in [2.24, 2.45) is 13.0 Å². The molecule has 0 bridgehead atoms. The van der Waals surface area contributed by atoms with E-state index in [9.17, 15) is 4.79 Å². The lowest BCUT2D eigenvalue weighted by molar-refractivity contribution is -0.125. The van der Waals surface area contributed by atoms with Crippen LogP contribution in [0.4, 0.5) is 0 Å². The molecule has 1 amide bonds. The Kier molecular flexibility index (Phi) is 6.07. The van der Waals surface area contributed by atoms with Gasteiger partial charge in [-0.15, -0.1) is 12.4 Å². The summed E-state index contributed by atoms with van der Waals surface area (Å²) >= 11 is 0. The molecule has 2 aromatic rings. The normalized spacial score (nSPS) is 23.9. The maximum atomic E-state index is 13.0.